The molecule has 2 aromatic rings. The van der Waals surface area contributed by atoms with Gasteiger partial charge in [0.05, 0.1) is 11.4 Å². The molecule has 1 aromatic heterocycles. The van der Waals surface area contributed by atoms with Gasteiger partial charge in [-0.1, -0.05) is 12.1 Å². The summed E-state index contributed by atoms with van der Waals surface area (Å²) >= 11 is 0. The van der Waals surface area contributed by atoms with Crippen LogP contribution in [0, 0.1) is 5.92 Å². The molecule has 1 aliphatic heterocycles. The first-order valence-electron chi connectivity index (χ1n) is 8.22. The van der Waals surface area contributed by atoms with E-state index in [0.29, 0.717) is 18.9 Å². The maximum absolute atomic E-state index is 12.3. The van der Waals surface area contributed by atoms with E-state index in [1.165, 1.54) is 0 Å². The van der Waals surface area contributed by atoms with Crippen LogP contribution >= 0.6 is 0 Å². The van der Waals surface area contributed by atoms with E-state index < -0.39 is 0 Å². The predicted octanol–water partition coefficient (Wildman–Crippen LogP) is 0.984. The molecule has 1 aromatic carbocycles. The van der Waals surface area contributed by atoms with E-state index in [1.807, 2.05) is 38.4 Å². The van der Waals surface area contributed by atoms with Crippen LogP contribution in [0.3, 0.4) is 0 Å². The van der Waals surface area contributed by atoms with Crippen molar-refractivity contribution < 1.29 is 9.59 Å². The number of para-hydroxylation sites is 1. The number of carbonyl (C=O) groups is 2. The second-order valence-electron chi connectivity index (χ2n) is 6.45. The molecule has 2 heterocycles. The second kappa shape index (κ2) is 7.00. The van der Waals surface area contributed by atoms with E-state index in [0.717, 1.165) is 23.9 Å². The molecular formula is C17H23N5O2. The molecule has 7 nitrogen and oxygen atoms in total. The van der Waals surface area contributed by atoms with Crippen LogP contribution in [0.1, 0.15) is 12.8 Å². The van der Waals surface area contributed by atoms with Crippen LogP contribution in [0.25, 0.3) is 10.9 Å². The molecule has 128 valence electrons. The van der Waals surface area contributed by atoms with E-state index in [9.17, 15) is 9.59 Å². The molecule has 0 unspecified atom stereocenters. The Balaban J connectivity index is 1.62. The normalized spacial score (nSPS) is 17.9. The topological polar surface area (TPSA) is 81.3 Å². The van der Waals surface area contributed by atoms with Crippen molar-refractivity contribution >= 4 is 28.5 Å². The molecule has 0 bridgehead atoms. The largest absolute Gasteiger partial charge is 0.356 e. The van der Waals surface area contributed by atoms with Gasteiger partial charge in [0.1, 0.15) is 0 Å². The van der Waals surface area contributed by atoms with Crippen molar-refractivity contribution in [1.82, 2.24) is 20.4 Å². The van der Waals surface area contributed by atoms with Gasteiger partial charge in [0.25, 0.3) is 0 Å². The molecule has 1 atom stereocenters. The standard InChI is InChI=1S/C17H23N5O2/c1-21(2)9-5-8-18-17(24)12-10-15(23)22(11-12)16-13-6-3-4-7-14(13)19-20-16/h3-4,6-7,12H,5,8-11H2,1-2H3,(H,18,24)(H,19,20)/t12-/m1/s1. The number of anilines is 1. The van der Waals surface area contributed by atoms with Crippen molar-refractivity contribution in [3.63, 3.8) is 0 Å². The fourth-order valence-electron chi connectivity index (χ4n) is 2.99. The Morgan fingerprint density at radius 1 is 1.42 bits per heavy atom. The summed E-state index contributed by atoms with van der Waals surface area (Å²) in [5.74, 6) is 0.191. The van der Waals surface area contributed by atoms with Gasteiger partial charge in [0.15, 0.2) is 5.82 Å². The highest BCUT2D eigenvalue weighted by Gasteiger charge is 2.36. The Kier molecular flexibility index (Phi) is 4.80. The third-order valence-corrected chi connectivity index (χ3v) is 4.28. The fraction of sp³-hybridized carbons (Fsp3) is 0.471. The van der Waals surface area contributed by atoms with E-state index in [4.69, 9.17) is 0 Å². The minimum absolute atomic E-state index is 0.0514. The lowest BCUT2D eigenvalue weighted by Gasteiger charge is -2.14. The van der Waals surface area contributed by atoms with Gasteiger partial charge in [0, 0.05) is 24.9 Å². The number of nitrogens with one attached hydrogen (secondary N) is 2. The summed E-state index contributed by atoms with van der Waals surface area (Å²) < 4.78 is 0. The highest BCUT2D eigenvalue weighted by Crippen LogP contribution is 2.29. The van der Waals surface area contributed by atoms with Crippen LogP contribution in [-0.2, 0) is 9.59 Å². The third kappa shape index (κ3) is 3.41. The molecule has 0 saturated carbocycles. The third-order valence-electron chi connectivity index (χ3n) is 4.28. The number of H-pyrrole nitrogens is 1. The van der Waals surface area contributed by atoms with E-state index >= 15 is 0 Å². The summed E-state index contributed by atoms with van der Waals surface area (Å²) in [6.45, 7) is 1.94. The molecule has 2 N–H and O–H groups in total. The first kappa shape index (κ1) is 16.4. The lowest BCUT2D eigenvalue weighted by Crippen LogP contribution is -2.34. The van der Waals surface area contributed by atoms with Crippen LogP contribution in [-0.4, -0.2) is 60.6 Å². The Morgan fingerprint density at radius 3 is 3.00 bits per heavy atom. The number of rotatable bonds is 6. The predicted molar refractivity (Wildman–Crippen MR) is 92.7 cm³/mol. The maximum atomic E-state index is 12.3. The van der Waals surface area contributed by atoms with E-state index in [-0.39, 0.29) is 24.2 Å². The molecule has 24 heavy (non-hydrogen) atoms. The summed E-state index contributed by atoms with van der Waals surface area (Å²) in [7, 11) is 4.01. The monoisotopic (exact) mass is 329 g/mol. The van der Waals surface area contributed by atoms with Crippen molar-refractivity contribution in [2.45, 2.75) is 12.8 Å². The van der Waals surface area contributed by atoms with Gasteiger partial charge in [-0.2, -0.15) is 5.10 Å². The SMILES string of the molecule is CN(C)CCCNC(=O)[C@@H]1CC(=O)N(c2n[nH]c3ccccc23)C1. The smallest absolute Gasteiger partial charge is 0.229 e. The number of benzene rings is 1. The molecule has 2 amide bonds. The van der Waals surface area contributed by atoms with Crippen LogP contribution in [0.15, 0.2) is 24.3 Å². The number of aromatic amines is 1. The van der Waals surface area contributed by atoms with Crippen LogP contribution in [0.5, 0.6) is 0 Å². The van der Waals surface area contributed by atoms with Crippen molar-refractivity contribution in [1.29, 1.82) is 0 Å². The van der Waals surface area contributed by atoms with Gasteiger partial charge in [-0.3, -0.25) is 19.6 Å². The first-order chi connectivity index (χ1) is 11.6. The Hall–Kier alpha value is -2.41. The second-order valence-corrected chi connectivity index (χ2v) is 6.45. The lowest BCUT2D eigenvalue weighted by molar-refractivity contribution is -0.126. The number of hydrogen-bond donors (Lipinski definition) is 2. The Labute approximate surface area is 141 Å². The van der Waals surface area contributed by atoms with Gasteiger partial charge < -0.3 is 10.2 Å². The number of aromatic nitrogens is 2. The molecule has 3 rings (SSSR count). The van der Waals surface area contributed by atoms with Gasteiger partial charge in [0.2, 0.25) is 11.8 Å². The summed E-state index contributed by atoms with van der Waals surface area (Å²) in [6, 6.07) is 7.67. The number of hydrogen-bond acceptors (Lipinski definition) is 4. The number of amides is 2. The maximum Gasteiger partial charge on any atom is 0.229 e. The summed E-state index contributed by atoms with van der Waals surface area (Å²) in [5.41, 5.74) is 0.886. The average Bonchev–Trinajstić information content (AvgIpc) is 3.14. The van der Waals surface area contributed by atoms with Gasteiger partial charge in [-0.25, -0.2) is 0 Å². The molecule has 7 heteroatoms. The Bertz CT molecular complexity index is 739. The van der Waals surface area contributed by atoms with Crippen molar-refractivity contribution in [2.24, 2.45) is 5.92 Å². The highest BCUT2D eigenvalue weighted by atomic mass is 16.2. The van der Waals surface area contributed by atoms with Crippen LogP contribution in [0.2, 0.25) is 0 Å². The molecule has 0 spiro atoms. The molecule has 1 aliphatic rings. The minimum atomic E-state index is -0.313. The molecular weight excluding hydrogens is 306 g/mol. The van der Waals surface area contributed by atoms with Crippen LogP contribution in [0.4, 0.5) is 5.82 Å². The molecule has 1 saturated heterocycles. The van der Waals surface area contributed by atoms with Crippen molar-refractivity contribution in [3.05, 3.63) is 24.3 Å². The van der Waals surface area contributed by atoms with E-state index in [1.54, 1.807) is 4.90 Å². The quantitative estimate of drug-likeness (QED) is 0.774. The zero-order valence-electron chi connectivity index (χ0n) is 14.1. The zero-order valence-corrected chi connectivity index (χ0v) is 14.1. The van der Waals surface area contributed by atoms with Crippen molar-refractivity contribution in [2.75, 3.05) is 38.6 Å². The van der Waals surface area contributed by atoms with Gasteiger partial charge in [-0.05, 0) is 39.2 Å². The number of carbonyl (C=O) groups excluding carboxylic acids is 2. The van der Waals surface area contributed by atoms with Crippen molar-refractivity contribution in [3.8, 4) is 0 Å². The van der Waals surface area contributed by atoms with Crippen LogP contribution < -0.4 is 10.2 Å². The average molecular weight is 329 g/mol. The summed E-state index contributed by atoms with van der Waals surface area (Å²) in [4.78, 5) is 28.3. The van der Waals surface area contributed by atoms with Gasteiger partial charge >= 0.3 is 0 Å². The number of fused-ring (bicyclic) bond motifs is 1. The minimum Gasteiger partial charge on any atom is -0.356 e. The molecule has 0 radical (unpaired) electrons. The van der Waals surface area contributed by atoms with E-state index in [2.05, 4.69) is 20.4 Å². The highest BCUT2D eigenvalue weighted by molar-refractivity contribution is 6.05. The van der Waals surface area contributed by atoms with Gasteiger partial charge in [-0.15, -0.1) is 0 Å². The molecule has 1 fully saturated rings. The summed E-state index contributed by atoms with van der Waals surface area (Å²) in [5, 5.41) is 11.0. The Morgan fingerprint density at radius 2 is 2.21 bits per heavy atom. The first-order valence-corrected chi connectivity index (χ1v) is 8.22. The summed E-state index contributed by atoms with van der Waals surface area (Å²) in [6.07, 6.45) is 1.13. The molecule has 0 aliphatic carbocycles. The lowest BCUT2D eigenvalue weighted by atomic mass is 10.1. The zero-order chi connectivity index (χ0) is 17.1. The fourth-order valence-corrected chi connectivity index (χ4v) is 2.99. The number of nitrogens with zero attached hydrogens (tertiary/aromatic N) is 3.